The number of anilines is 1. The van der Waals surface area contributed by atoms with Gasteiger partial charge in [-0.25, -0.2) is 14.4 Å². The van der Waals surface area contributed by atoms with Crippen molar-refractivity contribution in [3.05, 3.63) is 113 Å². The third-order valence-corrected chi connectivity index (χ3v) is 5.98. The van der Waals surface area contributed by atoms with Gasteiger partial charge in [0.1, 0.15) is 11.6 Å². The highest BCUT2D eigenvalue weighted by molar-refractivity contribution is 6.04. The molecule has 0 fully saturated rings. The number of aryl methyl sites for hydroxylation is 1. The number of alkyl halides is 3. The van der Waals surface area contributed by atoms with Crippen molar-refractivity contribution in [2.75, 3.05) is 5.32 Å². The predicted molar refractivity (Wildman–Crippen MR) is 133 cm³/mol. The number of hydrogen-bond donors (Lipinski definition) is 2. The first-order valence-corrected chi connectivity index (χ1v) is 11.4. The van der Waals surface area contributed by atoms with E-state index in [2.05, 4.69) is 15.3 Å². The van der Waals surface area contributed by atoms with Gasteiger partial charge in [0, 0.05) is 29.4 Å². The summed E-state index contributed by atoms with van der Waals surface area (Å²) >= 11 is 0. The second-order valence-electron chi connectivity index (χ2n) is 8.58. The van der Waals surface area contributed by atoms with Crippen molar-refractivity contribution < 1.29 is 22.4 Å². The number of benzene rings is 3. The molecule has 0 unspecified atom stereocenters. The molecule has 2 heterocycles. The Kier molecular flexibility index (Phi) is 6.20. The first kappa shape index (κ1) is 24.2. The number of H-pyrrole nitrogens is 1. The molecule has 0 aliphatic rings. The highest BCUT2D eigenvalue weighted by atomic mass is 19.4. The molecule has 0 bridgehead atoms. The fourth-order valence-corrected chi connectivity index (χ4v) is 4.04. The van der Waals surface area contributed by atoms with E-state index in [1.807, 2.05) is 19.1 Å². The number of aromatic amines is 1. The van der Waals surface area contributed by atoms with E-state index in [-0.39, 0.29) is 11.4 Å². The summed E-state index contributed by atoms with van der Waals surface area (Å²) in [5, 5.41) is 2.67. The number of rotatable bonds is 5. The lowest BCUT2D eigenvalue weighted by Gasteiger charge is -2.12. The summed E-state index contributed by atoms with van der Waals surface area (Å²) < 4.78 is 52.6. The van der Waals surface area contributed by atoms with Crippen LogP contribution in [0, 0.1) is 12.7 Å². The van der Waals surface area contributed by atoms with Crippen LogP contribution in [0.3, 0.4) is 0 Å². The van der Waals surface area contributed by atoms with E-state index in [0.29, 0.717) is 29.1 Å². The number of carbonyl (C=O) groups is 1. The van der Waals surface area contributed by atoms with E-state index in [1.165, 1.54) is 24.3 Å². The number of fused-ring (bicyclic) bond motifs is 1. The number of halogens is 4. The monoisotopic (exact) mass is 504 g/mol. The van der Waals surface area contributed by atoms with E-state index in [9.17, 15) is 22.4 Å². The predicted octanol–water partition coefficient (Wildman–Crippen LogP) is 6.93. The Labute approximate surface area is 209 Å². The summed E-state index contributed by atoms with van der Waals surface area (Å²) in [7, 11) is 0. The third-order valence-electron chi connectivity index (χ3n) is 5.98. The summed E-state index contributed by atoms with van der Waals surface area (Å²) in [4.78, 5) is 25.1. The number of nitrogens with one attached hydrogen (secondary N) is 2. The summed E-state index contributed by atoms with van der Waals surface area (Å²) in [6.07, 6.45) is -2.44. The highest BCUT2D eigenvalue weighted by Crippen LogP contribution is 2.30. The SMILES string of the molecule is Cc1ccc(NC(=O)c2cccc(C(F)(F)F)c2)cc1Cc1nc(-c2ccc(F)cc2)c2[nH]ccc2n1. The molecule has 1 amide bonds. The topological polar surface area (TPSA) is 70.7 Å². The van der Waals surface area contributed by atoms with Crippen molar-refractivity contribution in [2.45, 2.75) is 19.5 Å². The molecular weight excluding hydrogens is 484 g/mol. The van der Waals surface area contributed by atoms with Crippen LogP contribution in [-0.2, 0) is 12.6 Å². The Bertz CT molecular complexity index is 1610. The summed E-state index contributed by atoms with van der Waals surface area (Å²) in [6, 6.07) is 17.4. The first-order valence-electron chi connectivity index (χ1n) is 11.4. The van der Waals surface area contributed by atoms with Crippen molar-refractivity contribution in [3.63, 3.8) is 0 Å². The minimum atomic E-state index is -4.54. The Morgan fingerprint density at radius 3 is 2.51 bits per heavy atom. The number of hydrogen-bond acceptors (Lipinski definition) is 3. The molecular formula is C28H20F4N4O. The number of carbonyl (C=O) groups excluding carboxylic acids is 1. The Balaban J connectivity index is 1.43. The van der Waals surface area contributed by atoms with E-state index < -0.39 is 17.6 Å². The maximum absolute atomic E-state index is 13.5. The van der Waals surface area contributed by atoms with Crippen molar-refractivity contribution in [2.24, 2.45) is 0 Å². The highest BCUT2D eigenvalue weighted by Gasteiger charge is 2.30. The largest absolute Gasteiger partial charge is 0.416 e. The smallest absolute Gasteiger partial charge is 0.358 e. The lowest BCUT2D eigenvalue weighted by molar-refractivity contribution is -0.137. The average Bonchev–Trinajstić information content (AvgIpc) is 3.34. The lowest BCUT2D eigenvalue weighted by Crippen LogP contribution is -2.14. The van der Waals surface area contributed by atoms with E-state index >= 15 is 0 Å². The van der Waals surface area contributed by atoms with Crippen molar-refractivity contribution in [3.8, 4) is 11.3 Å². The van der Waals surface area contributed by atoms with Gasteiger partial charge in [-0.3, -0.25) is 4.79 Å². The summed E-state index contributed by atoms with van der Waals surface area (Å²) in [5.41, 5.74) is 4.02. The van der Waals surface area contributed by atoms with Gasteiger partial charge in [0.25, 0.3) is 5.91 Å². The molecule has 186 valence electrons. The zero-order valence-electron chi connectivity index (χ0n) is 19.5. The quantitative estimate of drug-likeness (QED) is 0.255. The van der Waals surface area contributed by atoms with Crippen LogP contribution in [0.1, 0.15) is 32.9 Å². The van der Waals surface area contributed by atoms with Crippen LogP contribution < -0.4 is 5.32 Å². The van der Waals surface area contributed by atoms with Gasteiger partial charge in [0.05, 0.1) is 22.3 Å². The van der Waals surface area contributed by atoms with Crippen LogP contribution in [0.2, 0.25) is 0 Å². The molecule has 0 atom stereocenters. The molecule has 5 nitrogen and oxygen atoms in total. The van der Waals surface area contributed by atoms with Gasteiger partial charge >= 0.3 is 6.18 Å². The minimum absolute atomic E-state index is 0.0952. The lowest BCUT2D eigenvalue weighted by atomic mass is 10.0. The second-order valence-corrected chi connectivity index (χ2v) is 8.58. The third kappa shape index (κ3) is 5.20. The first-order chi connectivity index (χ1) is 17.7. The summed E-state index contributed by atoms with van der Waals surface area (Å²) in [5.74, 6) is -0.472. The number of amides is 1. The zero-order valence-corrected chi connectivity index (χ0v) is 19.5. The molecule has 0 spiro atoms. The second kappa shape index (κ2) is 9.50. The van der Waals surface area contributed by atoms with E-state index in [0.717, 1.165) is 34.3 Å². The van der Waals surface area contributed by atoms with Crippen LogP contribution in [0.15, 0.2) is 79.0 Å². The molecule has 0 aliphatic carbocycles. The van der Waals surface area contributed by atoms with Gasteiger partial charge in [-0.2, -0.15) is 13.2 Å². The van der Waals surface area contributed by atoms with Gasteiger partial charge < -0.3 is 10.3 Å². The number of nitrogens with zero attached hydrogens (tertiary/aromatic N) is 2. The van der Waals surface area contributed by atoms with Gasteiger partial charge in [-0.05, 0) is 78.7 Å². The van der Waals surface area contributed by atoms with Crippen LogP contribution in [0.25, 0.3) is 22.3 Å². The molecule has 0 aliphatic heterocycles. The number of aromatic nitrogens is 3. The average molecular weight is 504 g/mol. The molecule has 9 heteroatoms. The molecule has 37 heavy (non-hydrogen) atoms. The maximum atomic E-state index is 13.5. The van der Waals surface area contributed by atoms with E-state index in [4.69, 9.17) is 4.98 Å². The molecule has 5 rings (SSSR count). The molecule has 2 aromatic heterocycles. The fourth-order valence-electron chi connectivity index (χ4n) is 4.04. The van der Waals surface area contributed by atoms with Gasteiger partial charge in [0.15, 0.2) is 0 Å². The standard InChI is InChI=1S/C28H20F4N4O/c1-16-5-10-22(34-27(37)18-3-2-4-20(13-18)28(30,31)32)14-19(16)15-24-35-23-11-12-33-26(23)25(36-24)17-6-8-21(29)9-7-17/h2-14,33H,15H2,1H3,(H,34,37). The van der Waals surface area contributed by atoms with Crippen LogP contribution in [-0.4, -0.2) is 20.9 Å². The molecule has 3 aromatic carbocycles. The van der Waals surface area contributed by atoms with Crippen LogP contribution in [0.5, 0.6) is 0 Å². The van der Waals surface area contributed by atoms with Crippen LogP contribution in [0.4, 0.5) is 23.2 Å². The van der Waals surface area contributed by atoms with Gasteiger partial charge in [-0.15, -0.1) is 0 Å². The van der Waals surface area contributed by atoms with Crippen molar-refractivity contribution in [1.29, 1.82) is 0 Å². The Morgan fingerprint density at radius 1 is 0.973 bits per heavy atom. The van der Waals surface area contributed by atoms with Gasteiger partial charge in [0.2, 0.25) is 0 Å². The maximum Gasteiger partial charge on any atom is 0.416 e. The molecule has 2 N–H and O–H groups in total. The molecule has 5 aromatic rings. The zero-order chi connectivity index (χ0) is 26.2. The fraction of sp³-hybridized carbons (Fsp3) is 0.107. The van der Waals surface area contributed by atoms with Gasteiger partial charge in [-0.1, -0.05) is 12.1 Å². The normalized spacial score (nSPS) is 11.6. The summed E-state index contributed by atoms with van der Waals surface area (Å²) in [6.45, 7) is 1.91. The Hall–Kier alpha value is -4.53. The molecule has 0 radical (unpaired) electrons. The van der Waals surface area contributed by atoms with Crippen molar-refractivity contribution >= 4 is 22.6 Å². The molecule has 0 saturated carbocycles. The Morgan fingerprint density at radius 2 is 1.76 bits per heavy atom. The van der Waals surface area contributed by atoms with Crippen molar-refractivity contribution in [1.82, 2.24) is 15.0 Å². The van der Waals surface area contributed by atoms with E-state index in [1.54, 1.807) is 30.5 Å². The van der Waals surface area contributed by atoms with Crippen LogP contribution >= 0.6 is 0 Å². The minimum Gasteiger partial charge on any atom is -0.358 e. The molecule has 0 saturated heterocycles.